The maximum atomic E-state index is 12.1. The molecule has 0 spiro atoms. The van der Waals surface area contributed by atoms with Crippen LogP contribution in [0.3, 0.4) is 0 Å². The average molecular weight is 219 g/mol. The van der Waals surface area contributed by atoms with Gasteiger partial charge in [0.2, 0.25) is 0 Å². The third kappa shape index (κ3) is 4.36. The van der Waals surface area contributed by atoms with E-state index < -0.39 is 18.1 Å². The van der Waals surface area contributed by atoms with E-state index in [4.69, 9.17) is 11.6 Å². The number of methoxy groups -OCH3 is 1. The van der Waals surface area contributed by atoms with Gasteiger partial charge in [0.05, 0.1) is 7.11 Å². The molecule has 0 saturated heterocycles. The minimum Gasteiger partial charge on any atom is -0.469 e. The Balaban J connectivity index is 4.28. The lowest BCUT2D eigenvalue weighted by atomic mass is 10.0. The largest absolute Gasteiger partial charge is 0.469 e. The molecule has 78 valence electrons. The van der Waals surface area contributed by atoms with Gasteiger partial charge < -0.3 is 4.74 Å². The number of hydrogen-bond acceptors (Lipinski definition) is 2. The maximum Gasteiger partial charge on any atom is 0.402 e. The van der Waals surface area contributed by atoms with E-state index >= 15 is 0 Å². The topological polar surface area (TPSA) is 26.3 Å². The second-order valence-corrected chi connectivity index (χ2v) is 2.83. The van der Waals surface area contributed by atoms with Crippen LogP contribution in [0.25, 0.3) is 0 Å². The summed E-state index contributed by atoms with van der Waals surface area (Å²) in [6, 6.07) is 0. The van der Waals surface area contributed by atoms with Crippen molar-refractivity contribution in [2.24, 2.45) is 5.92 Å². The Hall–Kier alpha value is -0.450. The van der Waals surface area contributed by atoms with Crippen LogP contribution >= 0.6 is 11.6 Å². The van der Waals surface area contributed by atoms with E-state index in [1.54, 1.807) is 0 Å². The van der Waals surface area contributed by atoms with Gasteiger partial charge in [-0.2, -0.15) is 13.2 Å². The molecule has 1 unspecified atom stereocenters. The fraction of sp³-hybridized carbons (Fsp3) is 0.857. The standard InChI is InChI=1S/C7H10ClF3O2/c1-13-6(12)5(3-2-4-8)7(9,10)11/h5H,2-4H2,1H3. The Labute approximate surface area is 79.0 Å². The Morgan fingerprint density at radius 2 is 2.08 bits per heavy atom. The number of esters is 1. The summed E-state index contributed by atoms with van der Waals surface area (Å²) in [5.41, 5.74) is 0. The molecule has 0 aliphatic carbocycles. The van der Waals surface area contributed by atoms with Crippen LogP contribution < -0.4 is 0 Å². The lowest BCUT2D eigenvalue weighted by molar-refractivity contribution is -0.196. The monoisotopic (exact) mass is 218 g/mol. The van der Waals surface area contributed by atoms with Crippen LogP contribution in [0.5, 0.6) is 0 Å². The van der Waals surface area contributed by atoms with Crippen LogP contribution in [-0.2, 0) is 9.53 Å². The van der Waals surface area contributed by atoms with Crippen molar-refractivity contribution in [3.8, 4) is 0 Å². The zero-order valence-corrected chi connectivity index (χ0v) is 7.78. The molecule has 0 aromatic carbocycles. The highest BCUT2D eigenvalue weighted by atomic mass is 35.5. The van der Waals surface area contributed by atoms with Crippen LogP contribution in [-0.4, -0.2) is 25.1 Å². The van der Waals surface area contributed by atoms with E-state index in [-0.39, 0.29) is 18.7 Å². The number of halogens is 4. The lowest BCUT2D eigenvalue weighted by Gasteiger charge is -2.16. The Morgan fingerprint density at radius 1 is 1.54 bits per heavy atom. The van der Waals surface area contributed by atoms with Gasteiger partial charge in [0.1, 0.15) is 0 Å². The first kappa shape index (κ1) is 12.6. The van der Waals surface area contributed by atoms with Gasteiger partial charge in [0.15, 0.2) is 5.92 Å². The van der Waals surface area contributed by atoms with Crippen molar-refractivity contribution in [3.63, 3.8) is 0 Å². The average Bonchev–Trinajstić information content (AvgIpc) is 2.02. The van der Waals surface area contributed by atoms with E-state index in [9.17, 15) is 18.0 Å². The van der Waals surface area contributed by atoms with Crippen molar-refractivity contribution < 1.29 is 22.7 Å². The summed E-state index contributed by atoms with van der Waals surface area (Å²) in [6.45, 7) is 0. The molecule has 0 aliphatic rings. The van der Waals surface area contributed by atoms with Crippen LogP contribution in [0.15, 0.2) is 0 Å². The van der Waals surface area contributed by atoms with Gasteiger partial charge in [-0.05, 0) is 12.8 Å². The predicted molar refractivity (Wildman–Crippen MR) is 41.5 cm³/mol. The molecule has 0 N–H and O–H groups in total. The lowest BCUT2D eigenvalue weighted by Crippen LogP contribution is -2.31. The van der Waals surface area contributed by atoms with Gasteiger partial charge in [-0.15, -0.1) is 11.6 Å². The smallest absolute Gasteiger partial charge is 0.402 e. The molecule has 0 fully saturated rings. The fourth-order valence-corrected chi connectivity index (χ4v) is 0.993. The minimum atomic E-state index is -4.54. The second-order valence-electron chi connectivity index (χ2n) is 2.45. The highest BCUT2D eigenvalue weighted by molar-refractivity contribution is 6.17. The summed E-state index contributed by atoms with van der Waals surface area (Å²) in [4.78, 5) is 10.7. The Morgan fingerprint density at radius 3 is 2.38 bits per heavy atom. The molecule has 1 atom stereocenters. The van der Waals surface area contributed by atoms with Gasteiger partial charge in [-0.1, -0.05) is 0 Å². The minimum absolute atomic E-state index is 0.101. The quantitative estimate of drug-likeness (QED) is 0.535. The van der Waals surface area contributed by atoms with E-state index in [0.717, 1.165) is 7.11 Å². The summed E-state index contributed by atoms with van der Waals surface area (Å²) in [6.07, 6.45) is -4.72. The molecular formula is C7H10ClF3O2. The van der Waals surface area contributed by atoms with Gasteiger partial charge >= 0.3 is 12.1 Å². The van der Waals surface area contributed by atoms with Gasteiger partial charge in [-0.3, -0.25) is 4.79 Å². The summed E-state index contributed by atoms with van der Waals surface area (Å²) in [5, 5.41) is 0. The van der Waals surface area contributed by atoms with Crippen molar-refractivity contribution in [3.05, 3.63) is 0 Å². The van der Waals surface area contributed by atoms with Crippen molar-refractivity contribution in [2.45, 2.75) is 19.0 Å². The molecule has 0 aliphatic heterocycles. The fourth-order valence-electron chi connectivity index (χ4n) is 0.839. The molecule has 0 aromatic rings. The number of ether oxygens (including phenoxy) is 1. The van der Waals surface area contributed by atoms with Crippen molar-refractivity contribution in [2.75, 3.05) is 13.0 Å². The SMILES string of the molecule is COC(=O)C(CCCCl)C(F)(F)F. The maximum absolute atomic E-state index is 12.1. The van der Waals surface area contributed by atoms with Crippen molar-refractivity contribution in [1.29, 1.82) is 0 Å². The highest BCUT2D eigenvalue weighted by Crippen LogP contribution is 2.30. The molecule has 0 saturated carbocycles. The molecule has 0 rings (SSSR count). The highest BCUT2D eigenvalue weighted by Gasteiger charge is 2.44. The molecule has 2 nitrogen and oxygen atoms in total. The van der Waals surface area contributed by atoms with Crippen LogP contribution in [0, 0.1) is 5.92 Å². The van der Waals surface area contributed by atoms with Gasteiger partial charge in [0, 0.05) is 5.88 Å². The number of hydrogen-bond donors (Lipinski definition) is 0. The van der Waals surface area contributed by atoms with E-state index in [1.165, 1.54) is 0 Å². The summed E-state index contributed by atoms with van der Waals surface area (Å²) < 4.78 is 40.4. The van der Waals surface area contributed by atoms with E-state index in [2.05, 4.69) is 4.74 Å². The molecule has 6 heteroatoms. The van der Waals surface area contributed by atoms with Crippen LogP contribution in [0.2, 0.25) is 0 Å². The third-order valence-electron chi connectivity index (χ3n) is 1.51. The number of alkyl halides is 4. The van der Waals surface area contributed by atoms with Crippen LogP contribution in [0.4, 0.5) is 13.2 Å². The first-order chi connectivity index (χ1) is 5.93. The van der Waals surface area contributed by atoms with Crippen molar-refractivity contribution in [1.82, 2.24) is 0 Å². The Kier molecular flexibility index (Phi) is 5.13. The molecule has 0 radical (unpaired) electrons. The molecule has 0 aromatic heterocycles. The van der Waals surface area contributed by atoms with Gasteiger partial charge in [-0.25, -0.2) is 0 Å². The molecular weight excluding hydrogens is 209 g/mol. The van der Waals surface area contributed by atoms with Crippen LogP contribution in [0.1, 0.15) is 12.8 Å². The molecule has 0 amide bonds. The number of carbonyl (C=O) groups is 1. The normalized spacial score (nSPS) is 13.9. The summed E-state index contributed by atoms with van der Waals surface area (Å²) in [5.74, 6) is -3.20. The first-order valence-electron chi connectivity index (χ1n) is 3.64. The zero-order chi connectivity index (χ0) is 10.5. The Bertz CT molecular complexity index is 170. The number of carbonyl (C=O) groups excluding carboxylic acids is 1. The van der Waals surface area contributed by atoms with E-state index in [0.29, 0.717) is 0 Å². The van der Waals surface area contributed by atoms with Gasteiger partial charge in [0.25, 0.3) is 0 Å². The summed E-state index contributed by atoms with van der Waals surface area (Å²) >= 11 is 5.22. The molecule has 0 heterocycles. The second kappa shape index (κ2) is 5.32. The number of rotatable bonds is 4. The summed E-state index contributed by atoms with van der Waals surface area (Å²) in [7, 11) is 0.932. The third-order valence-corrected chi connectivity index (χ3v) is 1.77. The zero-order valence-electron chi connectivity index (χ0n) is 7.03. The molecule has 0 bridgehead atoms. The van der Waals surface area contributed by atoms with E-state index in [1.807, 2.05) is 0 Å². The van der Waals surface area contributed by atoms with Crippen molar-refractivity contribution >= 4 is 17.6 Å². The first-order valence-corrected chi connectivity index (χ1v) is 4.17. The molecule has 13 heavy (non-hydrogen) atoms. The predicted octanol–water partition coefficient (Wildman–Crippen LogP) is 2.36.